The van der Waals surface area contributed by atoms with Crippen LogP contribution in [0.2, 0.25) is 4.34 Å². The maximum Gasteiger partial charge on any atom is 0.149 e. The van der Waals surface area contributed by atoms with Gasteiger partial charge < -0.3 is 5.73 Å². The van der Waals surface area contributed by atoms with Crippen molar-refractivity contribution in [2.24, 2.45) is 5.73 Å². The third-order valence-corrected chi connectivity index (χ3v) is 5.08. The van der Waals surface area contributed by atoms with Crippen LogP contribution in [0, 0.1) is 0 Å². The van der Waals surface area contributed by atoms with Crippen LogP contribution in [0.5, 0.6) is 0 Å². The summed E-state index contributed by atoms with van der Waals surface area (Å²) in [5.74, 6) is -0.0592. The molecule has 0 spiro atoms. The molecule has 1 heterocycles. The summed E-state index contributed by atoms with van der Waals surface area (Å²) in [6, 6.07) is 1.25. The molecule has 2 N–H and O–H groups in total. The van der Waals surface area contributed by atoms with Gasteiger partial charge in [-0.25, -0.2) is 8.42 Å². The van der Waals surface area contributed by atoms with Gasteiger partial charge in [0, 0.05) is 15.6 Å². The average molecular weight is 319 g/mol. The monoisotopic (exact) mass is 317 g/mol. The Bertz CT molecular complexity index is 409. The number of sulfone groups is 1. The molecule has 0 radical (unpaired) electrons. The van der Waals surface area contributed by atoms with E-state index in [1.165, 1.54) is 11.3 Å². The molecule has 0 aliphatic carbocycles. The zero-order valence-corrected chi connectivity index (χ0v) is 11.3. The van der Waals surface area contributed by atoms with E-state index in [1.54, 1.807) is 6.07 Å². The van der Waals surface area contributed by atoms with Crippen molar-refractivity contribution in [1.82, 2.24) is 0 Å². The minimum absolute atomic E-state index is 0.0592. The van der Waals surface area contributed by atoms with Crippen LogP contribution in [-0.2, 0) is 9.84 Å². The van der Waals surface area contributed by atoms with Gasteiger partial charge in [0.2, 0.25) is 0 Å². The highest BCUT2D eigenvalue weighted by molar-refractivity contribution is 9.10. The van der Waals surface area contributed by atoms with E-state index >= 15 is 0 Å². The molecule has 1 atom stereocenters. The first-order chi connectivity index (χ1) is 6.29. The lowest BCUT2D eigenvalue weighted by atomic mass is 10.3. The van der Waals surface area contributed by atoms with E-state index in [0.29, 0.717) is 4.34 Å². The minimum Gasteiger partial charge on any atom is -0.322 e. The summed E-state index contributed by atoms with van der Waals surface area (Å²) in [6.45, 7) is 0. The van der Waals surface area contributed by atoms with Gasteiger partial charge in [0.25, 0.3) is 0 Å². The molecule has 1 aromatic heterocycles. The molecule has 0 bridgehead atoms. The lowest BCUT2D eigenvalue weighted by molar-refractivity contribution is 0.595. The van der Waals surface area contributed by atoms with Crippen LogP contribution >= 0.6 is 38.9 Å². The van der Waals surface area contributed by atoms with E-state index < -0.39 is 15.9 Å². The number of rotatable bonds is 3. The van der Waals surface area contributed by atoms with E-state index in [2.05, 4.69) is 15.9 Å². The lowest BCUT2D eigenvalue weighted by Gasteiger charge is -2.06. The Hall–Kier alpha value is 0.380. The molecule has 0 amide bonds. The summed E-state index contributed by atoms with van der Waals surface area (Å²) in [6.07, 6.45) is 1.16. The number of nitrogens with two attached hydrogens (primary N) is 1. The van der Waals surface area contributed by atoms with Gasteiger partial charge >= 0.3 is 0 Å². The zero-order chi connectivity index (χ0) is 10.9. The molecule has 0 aliphatic rings. The summed E-state index contributed by atoms with van der Waals surface area (Å²) in [5, 5.41) is 0. The van der Waals surface area contributed by atoms with Gasteiger partial charge in [0.05, 0.1) is 11.8 Å². The highest BCUT2D eigenvalue weighted by Gasteiger charge is 2.16. The molecular formula is C7H9BrClNO2S2. The molecule has 14 heavy (non-hydrogen) atoms. The fourth-order valence-corrected chi connectivity index (χ4v) is 3.63. The fraction of sp³-hybridized carbons (Fsp3) is 0.429. The highest BCUT2D eigenvalue weighted by atomic mass is 79.9. The van der Waals surface area contributed by atoms with Gasteiger partial charge in [-0.1, -0.05) is 11.6 Å². The van der Waals surface area contributed by atoms with Gasteiger partial charge in [-0.05, 0) is 22.0 Å². The Kier molecular flexibility index (Phi) is 3.99. The van der Waals surface area contributed by atoms with Crippen LogP contribution in [0.3, 0.4) is 0 Å². The first-order valence-electron chi connectivity index (χ1n) is 3.67. The minimum atomic E-state index is -3.05. The summed E-state index contributed by atoms with van der Waals surface area (Å²) in [5.41, 5.74) is 5.72. The molecule has 0 saturated heterocycles. The second-order valence-electron chi connectivity index (χ2n) is 2.97. The molecule has 1 aromatic rings. The molecule has 80 valence electrons. The highest BCUT2D eigenvalue weighted by Crippen LogP contribution is 2.34. The molecule has 1 rings (SSSR count). The quantitative estimate of drug-likeness (QED) is 0.929. The molecule has 0 aromatic carbocycles. The van der Waals surface area contributed by atoms with Crippen LogP contribution in [0.1, 0.15) is 10.9 Å². The number of hydrogen-bond acceptors (Lipinski definition) is 4. The van der Waals surface area contributed by atoms with E-state index in [0.717, 1.165) is 15.6 Å². The maximum atomic E-state index is 11.0. The van der Waals surface area contributed by atoms with Gasteiger partial charge in [-0.2, -0.15) is 0 Å². The zero-order valence-electron chi connectivity index (χ0n) is 7.33. The van der Waals surface area contributed by atoms with Gasteiger partial charge in [0.1, 0.15) is 14.2 Å². The third-order valence-electron chi connectivity index (χ3n) is 1.51. The van der Waals surface area contributed by atoms with Crippen molar-refractivity contribution in [2.75, 3.05) is 12.0 Å². The second kappa shape index (κ2) is 4.49. The van der Waals surface area contributed by atoms with Crippen molar-refractivity contribution in [1.29, 1.82) is 0 Å². The third kappa shape index (κ3) is 3.51. The topological polar surface area (TPSA) is 60.2 Å². The SMILES string of the molecule is CS(=O)(=O)CC(N)c1cc(Br)c(Cl)s1. The molecule has 1 unspecified atom stereocenters. The van der Waals surface area contributed by atoms with Crippen molar-refractivity contribution in [3.8, 4) is 0 Å². The fourth-order valence-electron chi connectivity index (χ4n) is 0.954. The average Bonchev–Trinajstić information content (AvgIpc) is 2.28. The van der Waals surface area contributed by atoms with E-state index in [4.69, 9.17) is 17.3 Å². The van der Waals surface area contributed by atoms with Gasteiger partial charge in [0.15, 0.2) is 0 Å². The molecule has 0 fully saturated rings. The Labute approximate surface area is 100 Å². The van der Waals surface area contributed by atoms with Gasteiger partial charge in [-0.15, -0.1) is 11.3 Å². The summed E-state index contributed by atoms with van der Waals surface area (Å²) < 4.78 is 23.3. The van der Waals surface area contributed by atoms with Crippen molar-refractivity contribution < 1.29 is 8.42 Å². The maximum absolute atomic E-state index is 11.0. The van der Waals surface area contributed by atoms with Crippen LogP contribution < -0.4 is 5.73 Å². The summed E-state index contributed by atoms with van der Waals surface area (Å²) >= 11 is 10.3. The predicted octanol–water partition coefficient (Wildman–Crippen LogP) is 2.21. The standard InChI is InChI=1S/C7H9BrClNO2S2/c1-14(11,12)3-5(10)6-2-4(8)7(9)13-6/h2,5H,3,10H2,1H3. The number of hydrogen-bond donors (Lipinski definition) is 1. The Morgan fingerprint density at radius 3 is 2.64 bits per heavy atom. The Morgan fingerprint density at radius 2 is 2.29 bits per heavy atom. The van der Waals surface area contributed by atoms with E-state index in [-0.39, 0.29) is 5.75 Å². The first kappa shape index (κ1) is 12.4. The number of halogens is 2. The first-order valence-corrected chi connectivity index (χ1v) is 7.72. The summed E-state index contributed by atoms with van der Waals surface area (Å²) in [7, 11) is -3.05. The van der Waals surface area contributed by atoms with Crippen molar-refractivity contribution >= 4 is 48.7 Å². The molecule has 0 aliphatic heterocycles. The van der Waals surface area contributed by atoms with Gasteiger partial charge in [-0.3, -0.25) is 0 Å². The predicted molar refractivity (Wildman–Crippen MR) is 63.7 cm³/mol. The molecule has 0 saturated carbocycles. The van der Waals surface area contributed by atoms with Crippen molar-refractivity contribution in [3.63, 3.8) is 0 Å². The van der Waals surface area contributed by atoms with Crippen molar-refractivity contribution in [3.05, 3.63) is 19.8 Å². The Morgan fingerprint density at radius 1 is 1.71 bits per heavy atom. The lowest BCUT2D eigenvalue weighted by Crippen LogP contribution is -2.19. The van der Waals surface area contributed by atoms with Crippen LogP contribution in [0.15, 0.2) is 10.5 Å². The summed E-state index contributed by atoms with van der Waals surface area (Å²) in [4.78, 5) is 0.771. The van der Waals surface area contributed by atoms with E-state index in [9.17, 15) is 8.42 Å². The second-order valence-corrected chi connectivity index (χ2v) is 7.69. The Balaban J connectivity index is 2.85. The van der Waals surface area contributed by atoms with Crippen LogP contribution in [0.25, 0.3) is 0 Å². The smallest absolute Gasteiger partial charge is 0.149 e. The van der Waals surface area contributed by atoms with Crippen LogP contribution in [0.4, 0.5) is 0 Å². The normalized spacial score (nSPS) is 14.3. The number of thiophene rings is 1. The molecule has 3 nitrogen and oxygen atoms in total. The van der Waals surface area contributed by atoms with E-state index in [1.807, 2.05) is 0 Å². The molecule has 7 heteroatoms. The van der Waals surface area contributed by atoms with Crippen molar-refractivity contribution in [2.45, 2.75) is 6.04 Å². The molecular weight excluding hydrogens is 310 g/mol. The largest absolute Gasteiger partial charge is 0.322 e. The van der Waals surface area contributed by atoms with Crippen LogP contribution in [-0.4, -0.2) is 20.4 Å².